The summed E-state index contributed by atoms with van der Waals surface area (Å²) in [5, 5.41) is 13.9. The van der Waals surface area contributed by atoms with Gasteiger partial charge in [-0.3, -0.25) is 18.8 Å². The molecule has 3 aromatic heterocycles. The smallest absolute Gasteiger partial charge is 0.262 e. The normalized spacial score (nSPS) is 17.1. The molecular weight excluding hydrogens is 725 g/mol. The Kier molecular flexibility index (Phi) is 10.8. The van der Waals surface area contributed by atoms with Crippen LogP contribution >= 0.6 is 34.8 Å². The number of halogens is 3. The van der Waals surface area contributed by atoms with Crippen LogP contribution in [0.15, 0.2) is 71.8 Å². The maximum Gasteiger partial charge on any atom is 0.262 e. The first-order valence-corrected chi connectivity index (χ1v) is 18.2. The lowest BCUT2D eigenvalue weighted by Gasteiger charge is -2.18. The number of pyridine rings is 2. The number of fused-ring (bicyclic) bond motifs is 1. The number of nitrogens with one attached hydrogen (secondary N) is 4. The standard InChI is InChI=1S/C38H36Cl3N7O4/c1-52-34-15-30(39)29(20-43-19-24-9-11-33(50)46-24)37(47-34)28-7-3-6-27(36(28)41)26-5-2-4-25(35(26)40)21-12-13-48-31(14-21)44-17-22(38(48)51)16-42-18-23-8-10-32(49)45-23/h2-7,12-15,17,23-24,42-43H,8-11,16,18-20H2,1H3,(H,45,49)(H,46,50)/t23-,24-/m1/s1. The van der Waals surface area contributed by atoms with E-state index in [0.717, 1.165) is 29.5 Å². The van der Waals surface area contributed by atoms with Gasteiger partial charge in [0.2, 0.25) is 17.7 Å². The van der Waals surface area contributed by atoms with Crippen LogP contribution in [0.2, 0.25) is 15.1 Å². The van der Waals surface area contributed by atoms with Gasteiger partial charge in [-0.15, -0.1) is 0 Å². The van der Waals surface area contributed by atoms with Crippen molar-refractivity contribution in [1.29, 1.82) is 0 Å². The van der Waals surface area contributed by atoms with E-state index in [0.29, 0.717) is 93.6 Å². The number of methoxy groups -OCH3 is 1. The Labute approximate surface area is 315 Å². The number of carbonyl (C=O) groups excluding carboxylic acids is 2. The second-order valence-electron chi connectivity index (χ2n) is 12.9. The van der Waals surface area contributed by atoms with E-state index < -0.39 is 0 Å². The summed E-state index contributed by atoms with van der Waals surface area (Å²) in [6.07, 6.45) is 5.89. The van der Waals surface area contributed by atoms with Crippen molar-refractivity contribution in [3.63, 3.8) is 0 Å². The fraction of sp³-hybridized carbons (Fsp3) is 0.289. The Morgan fingerprint density at radius 3 is 2.08 bits per heavy atom. The van der Waals surface area contributed by atoms with Crippen molar-refractivity contribution in [2.24, 2.45) is 0 Å². The molecule has 2 amide bonds. The molecule has 0 radical (unpaired) electrons. The van der Waals surface area contributed by atoms with Gasteiger partial charge in [-0.05, 0) is 30.5 Å². The van der Waals surface area contributed by atoms with Crippen LogP contribution in [-0.2, 0) is 22.7 Å². The van der Waals surface area contributed by atoms with Gasteiger partial charge in [0.1, 0.15) is 5.65 Å². The number of nitrogens with zero attached hydrogens (tertiary/aromatic N) is 3. The molecule has 52 heavy (non-hydrogen) atoms. The van der Waals surface area contributed by atoms with Crippen molar-refractivity contribution in [1.82, 2.24) is 35.6 Å². The predicted molar refractivity (Wildman–Crippen MR) is 203 cm³/mol. The van der Waals surface area contributed by atoms with Gasteiger partial charge in [0, 0.05) is 103 Å². The molecular formula is C38H36Cl3N7O4. The monoisotopic (exact) mass is 759 g/mol. The second-order valence-corrected chi connectivity index (χ2v) is 14.1. The molecule has 268 valence electrons. The molecule has 2 atom stereocenters. The molecule has 5 aromatic rings. The molecule has 0 spiro atoms. The van der Waals surface area contributed by atoms with Crippen LogP contribution < -0.4 is 31.6 Å². The fourth-order valence-electron chi connectivity index (χ4n) is 6.72. The molecule has 2 aromatic carbocycles. The summed E-state index contributed by atoms with van der Waals surface area (Å²) in [7, 11) is 1.53. The third-order valence-electron chi connectivity index (χ3n) is 9.46. The minimum Gasteiger partial charge on any atom is -0.481 e. The third-order valence-corrected chi connectivity index (χ3v) is 10.6. The molecule has 5 heterocycles. The van der Waals surface area contributed by atoms with Crippen molar-refractivity contribution in [2.75, 3.05) is 20.2 Å². The summed E-state index contributed by atoms with van der Waals surface area (Å²) < 4.78 is 6.97. The highest BCUT2D eigenvalue weighted by atomic mass is 35.5. The zero-order valence-corrected chi connectivity index (χ0v) is 30.5. The number of rotatable bonds is 12. The number of benzene rings is 2. The number of hydrogen-bond acceptors (Lipinski definition) is 8. The van der Waals surface area contributed by atoms with Crippen LogP contribution in [0.25, 0.3) is 39.2 Å². The number of aromatic nitrogens is 3. The molecule has 0 bridgehead atoms. The summed E-state index contributed by atoms with van der Waals surface area (Å²) in [5.41, 5.74) is 5.73. The van der Waals surface area contributed by atoms with Gasteiger partial charge in [-0.1, -0.05) is 71.2 Å². The first-order valence-electron chi connectivity index (χ1n) is 17.0. The summed E-state index contributed by atoms with van der Waals surface area (Å²) >= 11 is 21.1. The number of amides is 2. The Hall–Kier alpha value is -4.52. The van der Waals surface area contributed by atoms with Crippen LogP contribution in [0.1, 0.15) is 36.8 Å². The van der Waals surface area contributed by atoms with Crippen LogP contribution in [0.4, 0.5) is 0 Å². The molecule has 2 saturated heterocycles. The molecule has 2 fully saturated rings. The van der Waals surface area contributed by atoms with Crippen molar-refractivity contribution in [3.05, 3.63) is 104 Å². The lowest BCUT2D eigenvalue weighted by atomic mass is 9.96. The zero-order chi connectivity index (χ0) is 36.4. The van der Waals surface area contributed by atoms with Crippen molar-refractivity contribution in [3.8, 4) is 39.4 Å². The maximum atomic E-state index is 13.3. The summed E-state index contributed by atoms with van der Waals surface area (Å²) in [6.45, 7) is 1.90. The van der Waals surface area contributed by atoms with Crippen molar-refractivity contribution >= 4 is 52.3 Å². The SMILES string of the molecule is COc1cc(Cl)c(CNC[C@H]2CCC(=O)N2)c(-c2cccc(-c3cccc(-c4ccn5c(=O)c(CNC[C@H]6CCC(=O)N6)cnc5c4)c3Cl)c2Cl)n1. The predicted octanol–water partition coefficient (Wildman–Crippen LogP) is 5.80. The summed E-state index contributed by atoms with van der Waals surface area (Å²) in [6, 6.07) is 16.8. The van der Waals surface area contributed by atoms with E-state index in [1.54, 1.807) is 18.5 Å². The molecule has 7 rings (SSSR count). The first kappa shape index (κ1) is 35.9. The van der Waals surface area contributed by atoms with Crippen LogP contribution in [0.5, 0.6) is 5.88 Å². The van der Waals surface area contributed by atoms with E-state index in [9.17, 15) is 14.4 Å². The van der Waals surface area contributed by atoms with Crippen LogP contribution in [0.3, 0.4) is 0 Å². The van der Waals surface area contributed by atoms with E-state index in [4.69, 9.17) is 44.5 Å². The first-order chi connectivity index (χ1) is 25.2. The van der Waals surface area contributed by atoms with Gasteiger partial charge < -0.3 is 26.0 Å². The molecule has 0 aliphatic carbocycles. The Bertz CT molecular complexity index is 2250. The quantitative estimate of drug-likeness (QED) is 0.125. The number of hydrogen-bond donors (Lipinski definition) is 4. The van der Waals surface area contributed by atoms with Gasteiger partial charge >= 0.3 is 0 Å². The Morgan fingerprint density at radius 1 is 0.827 bits per heavy atom. The minimum atomic E-state index is -0.172. The molecule has 4 N–H and O–H groups in total. The number of ether oxygens (including phenoxy) is 1. The van der Waals surface area contributed by atoms with E-state index >= 15 is 0 Å². The van der Waals surface area contributed by atoms with E-state index in [1.165, 1.54) is 11.5 Å². The fourth-order valence-corrected chi connectivity index (χ4v) is 7.62. The average molecular weight is 761 g/mol. The molecule has 2 aliphatic rings. The van der Waals surface area contributed by atoms with Gasteiger partial charge in [-0.2, -0.15) is 0 Å². The minimum absolute atomic E-state index is 0.0554. The molecule has 0 saturated carbocycles. The average Bonchev–Trinajstić information content (AvgIpc) is 3.76. The van der Waals surface area contributed by atoms with Gasteiger partial charge in [0.05, 0.1) is 27.9 Å². The van der Waals surface area contributed by atoms with Crippen LogP contribution in [-0.4, -0.2) is 58.5 Å². The van der Waals surface area contributed by atoms with Gasteiger partial charge in [0.25, 0.3) is 5.56 Å². The molecule has 2 aliphatic heterocycles. The highest BCUT2D eigenvalue weighted by Crippen LogP contribution is 2.43. The summed E-state index contributed by atoms with van der Waals surface area (Å²) in [5.74, 6) is 0.460. The lowest BCUT2D eigenvalue weighted by molar-refractivity contribution is -0.120. The highest BCUT2D eigenvalue weighted by Gasteiger charge is 2.23. The number of carbonyl (C=O) groups is 2. The van der Waals surface area contributed by atoms with Gasteiger partial charge in [-0.25, -0.2) is 9.97 Å². The van der Waals surface area contributed by atoms with E-state index in [2.05, 4.69) is 26.3 Å². The largest absolute Gasteiger partial charge is 0.481 e. The lowest BCUT2D eigenvalue weighted by Crippen LogP contribution is -2.36. The van der Waals surface area contributed by atoms with Gasteiger partial charge in [0.15, 0.2) is 0 Å². The zero-order valence-electron chi connectivity index (χ0n) is 28.3. The Morgan fingerprint density at radius 2 is 1.44 bits per heavy atom. The maximum absolute atomic E-state index is 13.3. The Balaban J connectivity index is 1.16. The van der Waals surface area contributed by atoms with E-state index in [1.807, 2.05) is 48.5 Å². The molecule has 11 nitrogen and oxygen atoms in total. The van der Waals surface area contributed by atoms with Crippen molar-refractivity contribution < 1.29 is 14.3 Å². The van der Waals surface area contributed by atoms with E-state index in [-0.39, 0.29) is 29.5 Å². The third kappa shape index (κ3) is 7.51. The van der Waals surface area contributed by atoms with Crippen molar-refractivity contribution in [2.45, 2.75) is 50.9 Å². The molecule has 14 heteroatoms. The van der Waals surface area contributed by atoms with Crippen LogP contribution in [0, 0.1) is 0 Å². The molecule has 0 unspecified atom stereocenters. The highest BCUT2D eigenvalue weighted by molar-refractivity contribution is 6.39. The second kappa shape index (κ2) is 15.6. The topological polar surface area (TPSA) is 139 Å². The summed E-state index contributed by atoms with van der Waals surface area (Å²) in [4.78, 5) is 45.8.